The number of thiazole rings is 1. The van der Waals surface area contributed by atoms with E-state index in [1.165, 1.54) is 29.5 Å². The van der Waals surface area contributed by atoms with Gasteiger partial charge in [0.15, 0.2) is 10.8 Å². The number of amidine groups is 1. The summed E-state index contributed by atoms with van der Waals surface area (Å²) < 4.78 is 71.1. The number of esters is 1. The molecule has 1 aromatic heterocycles. The Bertz CT molecular complexity index is 1330. The van der Waals surface area contributed by atoms with Crippen molar-refractivity contribution in [2.75, 3.05) is 13.2 Å². The number of hydrogen-bond donors (Lipinski definition) is 0. The third-order valence-corrected chi connectivity index (χ3v) is 7.63. The van der Waals surface area contributed by atoms with E-state index in [1.807, 2.05) is 0 Å². The number of aliphatic imine (C=N–C) groups is 1. The summed E-state index contributed by atoms with van der Waals surface area (Å²) in [6, 6.07) is 3.13. The maximum Gasteiger partial charge on any atom is 0.357 e. The Morgan fingerprint density at radius 1 is 1.43 bits per heavy atom. The minimum absolute atomic E-state index is 0.0908. The van der Waals surface area contributed by atoms with Crippen molar-refractivity contribution in [3.05, 3.63) is 61.9 Å². The van der Waals surface area contributed by atoms with Crippen molar-refractivity contribution in [1.29, 1.82) is 0 Å². The van der Waals surface area contributed by atoms with Crippen LogP contribution in [-0.4, -0.2) is 55.2 Å². The molecular weight excluding hydrogens is 573 g/mol. The molecule has 2 aromatic rings. The van der Waals surface area contributed by atoms with Gasteiger partial charge in [-0.3, -0.25) is 4.99 Å². The van der Waals surface area contributed by atoms with E-state index in [4.69, 9.17) is 9.73 Å². The Hall–Kier alpha value is -2.58. The molecule has 3 heterocycles. The lowest BCUT2D eigenvalue weighted by Crippen LogP contribution is -2.35. The monoisotopic (exact) mass is 590 g/mol. The van der Waals surface area contributed by atoms with E-state index in [1.54, 1.807) is 23.4 Å². The molecule has 0 N–H and O–H groups in total. The lowest BCUT2D eigenvalue weighted by atomic mass is 9.94. The molecule has 0 bridgehead atoms. The van der Waals surface area contributed by atoms with E-state index in [-0.39, 0.29) is 25.1 Å². The van der Waals surface area contributed by atoms with Gasteiger partial charge >= 0.3 is 21.8 Å². The van der Waals surface area contributed by atoms with Gasteiger partial charge in [0.25, 0.3) is 0 Å². The predicted molar refractivity (Wildman–Crippen MR) is 127 cm³/mol. The van der Waals surface area contributed by atoms with E-state index in [0.717, 1.165) is 6.21 Å². The lowest BCUT2D eigenvalue weighted by Gasteiger charge is -2.31. The summed E-state index contributed by atoms with van der Waals surface area (Å²) in [7, 11) is -4.95. The first-order chi connectivity index (χ1) is 16.6. The number of ether oxygens (including phenoxy) is 1. The molecular formula is C21H18BrF3N4O4S2. The van der Waals surface area contributed by atoms with Gasteiger partial charge in [-0.05, 0) is 31.0 Å². The van der Waals surface area contributed by atoms with Crippen molar-refractivity contribution in [3.63, 3.8) is 0 Å². The Kier molecular flexibility index (Phi) is 7.43. The largest absolute Gasteiger partial charge is 0.463 e. The summed E-state index contributed by atoms with van der Waals surface area (Å²) in [6.07, 6.45) is 2.66. The second-order valence-corrected chi connectivity index (χ2v) is 10.9. The van der Waals surface area contributed by atoms with E-state index in [0.29, 0.717) is 26.6 Å². The minimum atomic E-state index is -4.95. The topological polar surface area (TPSA) is 101 Å². The third-order valence-electron chi connectivity index (χ3n) is 5.31. The number of aromatic nitrogens is 1. The Labute approximate surface area is 211 Å². The van der Waals surface area contributed by atoms with Crippen LogP contribution in [0.1, 0.15) is 30.0 Å². The standard InChI is InChI=1S/C21H18BrF3N4O4S2/c1-2-33-20(30)16-15-7-11(9-27-35(31,32)21(24)25)10-29(15)18(19-26-5-6-34-19)28-17(16)13-4-3-12(23)8-14(13)22/h3-6,8-9,11,17,21H,2,7,10H2,1H3/b27-9-/t11?,17-/m0/s1. The van der Waals surface area contributed by atoms with Crippen LogP contribution in [0.15, 0.2) is 54.9 Å². The molecule has 1 aromatic carbocycles. The number of carbonyl (C=O) groups excluding carboxylic acids is 1. The molecule has 0 saturated carbocycles. The molecule has 35 heavy (non-hydrogen) atoms. The number of benzene rings is 1. The highest BCUT2D eigenvalue weighted by Gasteiger charge is 2.42. The van der Waals surface area contributed by atoms with Crippen molar-refractivity contribution < 1.29 is 31.1 Å². The number of nitrogens with zero attached hydrogens (tertiary/aromatic N) is 4. The van der Waals surface area contributed by atoms with Crippen molar-refractivity contribution in [2.24, 2.45) is 15.3 Å². The average Bonchev–Trinajstić information content (AvgIpc) is 3.47. The molecule has 1 unspecified atom stereocenters. The zero-order valence-electron chi connectivity index (χ0n) is 18.1. The van der Waals surface area contributed by atoms with Crippen molar-refractivity contribution in [1.82, 2.24) is 9.88 Å². The molecule has 14 heteroatoms. The summed E-state index contributed by atoms with van der Waals surface area (Å²) in [4.78, 5) is 23.9. The van der Waals surface area contributed by atoms with Gasteiger partial charge in [0, 0.05) is 40.4 Å². The summed E-state index contributed by atoms with van der Waals surface area (Å²) in [6.45, 7) is 1.87. The number of halogens is 4. The van der Waals surface area contributed by atoms with Gasteiger partial charge in [0.2, 0.25) is 0 Å². The van der Waals surface area contributed by atoms with Crippen LogP contribution in [0.2, 0.25) is 0 Å². The number of allylic oxidation sites excluding steroid dienone is 1. The van der Waals surface area contributed by atoms with Crippen LogP contribution < -0.4 is 0 Å². The van der Waals surface area contributed by atoms with Crippen LogP contribution in [0.4, 0.5) is 13.2 Å². The van der Waals surface area contributed by atoms with Crippen molar-refractivity contribution in [3.8, 4) is 0 Å². The number of sulfonamides is 1. The number of alkyl halides is 2. The van der Waals surface area contributed by atoms with E-state index >= 15 is 0 Å². The molecule has 1 fully saturated rings. The van der Waals surface area contributed by atoms with E-state index < -0.39 is 39.5 Å². The highest BCUT2D eigenvalue weighted by atomic mass is 79.9. The molecule has 2 aliphatic heterocycles. The van der Waals surface area contributed by atoms with Gasteiger partial charge in [-0.1, -0.05) is 22.0 Å². The van der Waals surface area contributed by atoms with Gasteiger partial charge < -0.3 is 9.64 Å². The molecule has 8 nitrogen and oxygen atoms in total. The SMILES string of the molecule is CCOC(=O)C1=C2CC(/C=N\S(=O)(=O)C(F)F)CN2C(c2nccs2)=N[C@H]1c1ccc(F)cc1Br. The highest BCUT2D eigenvalue weighted by molar-refractivity contribution is 9.10. The van der Waals surface area contributed by atoms with Crippen LogP contribution in [0.3, 0.4) is 0 Å². The Morgan fingerprint density at radius 2 is 2.20 bits per heavy atom. The fourth-order valence-corrected chi connectivity index (χ4v) is 5.50. The fraction of sp³-hybridized carbons (Fsp3) is 0.333. The van der Waals surface area contributed by atoms with E-state index in [2.05, 4.69) is 25.3 Å². The Morgan fingerprint density at radius 3 is 2.83 bits per heavy atom. The molecule has 0 aliphatic carbocycles. The first-order valence-corrected chi connectivity index (χ1v) is 13.5. The molecule has 0 radical (unpaired) electrons. The summed E-state index contributed by atoms with van der Waals surface area (Å²) >= 11 is 4.64. The van der Waals surface area contributed by atoms with Gasteiger partial charge in [0.05, 0.1) is 12.2 Å². The van der Waals surface area contributed by atoms with Crippen molar-refractivity contribution >= 4 is 55.3 Å². The molecule has 0 amide bonds. The lowest BCUT2D eigenvalue weighted by molar-refractivity contribution is -0.139. The minimum Gasteiger partial charge on any atom is -0.463 e. The maximum absolute atomic E-state index is 13.8. The van der Waals surface area contributed by atoms with Crippen LogP contribution in [0, 0.1) is 11.7 Å². The normalized spacial score (nSPS) is 20.5. The summed E-state index contributed by atoms with van der Waals surface area (Å²) in [5, 5.41) is 2.28. The number of fused-ring (bicyclic) bond motifs is 1. The van der Waals surface area contributed by atoms with Gasteiger partial charge in [-0.25, -0.2) is 14.2 Å². The Balaban J connectivity index is 1.85. The second-order valence-electron chi connectivity index (χ2n) is 7.54. The maximum atomic E-state index is 13.8. The van der Waals surface area contributed by atoms with E-state index in [9.17, 15) is 26.4 Å². The molecule has 4 rings (SSSR count). The van der Waals surface area contributed by atoms with Gasteiger partial charge in [-0.15, -0.1) is 11.3 Å². The van der Waals surface area contributed by atoms with Crippen LogP contribution in [-0.2, 0) is 19.6 Å². The molecule has 2 atom stereocenters. The first kappa shape index (κ1) is 25.5. The summed E-state index contributed by atoms with van der Waals surface area (Å²) in [5.41, 5.74) is 1.18. The average molecular weight is 591 g/mol. The molecule has 2 aliphatic rings. The number of carbonyl (C=O) groups is 1. The molecule has 1 saturated heterocycles. The first-order valence-electron chi connectivity index (χ1n) is 10.3. The highest BCUT2D eigenvalue weighted by Crippen LogP contribution is 2.43. The van der Waals surface area contributed by atoms with Gasteiger partial charge in [0.1, 0.15) is 11.9 Å². The number of hydrogen-bond acceptors (Lipinski definition) is 8. The smallest absolute Gasteiger partial charge is 0.357 e. The fourth-order valence-electron chi connectivity index (χ4n) is 3.86. The van der Waals surface area contributed by atoms with Crippen molar-refractivity contribution in [2.45, 2.75) is 25.1 Å². The quantitative estimate of drug-likeness (QED) is 0.352. The molecule has 0 spiro atoms. The molecule has 186 valence electrons. The van der Waals surface area contributed by atoms with Crippen LogP contribution in [0.5, 0.6) is 0 Å². The number of rotatable bonds is 7. The summed E-state index contributed by atoms with van der Waals surface area (Å²) in [5.74, 6) is -4.96. The second kappa shape index (κ2) is 10.2. The third kappa shape index (κ3) is 5.19. The predicted octanol–water partition coefficient (Wildman–Crippen LogP) is 4.31. The van der Waals surface area contributed by atoms with Gasteiger partial charge in [-0.2, -0.15) is 21.6 Å². The van der Waals surface area contributed by atoms with Crippen LogP contribution in [0.25, 0.3) is 0 Å². The zero-order valence-corrected chi connectivity index (χ0v) is 21.3. The zero-order chi connectivity index (χ0) is 25.3. The van der Waals surface area contributed by atoms with Crippen LogP contribution >= 0.6 is 27.3 Å².